The molecule has 5 aromatic rings. The monoisotopic (exact) mass is 844 g/mol. The van der Waals surface area contributed by atoms with E-state index in [-0.39, 0.29) is 29.8 Å². The second kappa shape index (κ2) is 18.0. The smallest absolute Gasteiger partial charge is 0.407 e. The molecule has 2 aliphatic heterocycles. The van der Waals surface area contributed by atoms with Gasteiger partial charge in [-0.3, -0.25) is 14.6 Å². The molecule has 5 N–H and O–H groups in total. The number of alkyl carbamates (subject to hydrolysis) is 1. The van der Waals surface area contributed by atoms with Gasteiger partial charge in [-0.2, -0.15) is 0 Å². The van der Waals surface area contributed by atoms with E-state index in [0.29, 0.717) is 37.1 Å². The van der Waals surface area contributed by atoms with E-state index in [1.165, 1.54) is 13.5 Å². The molecule has 0 spiro atoms. The van der Waals surface area contributed by atoms with Gasteiger partial charge in [0.2, 0.25) is 5.91 Å². The molecule has 5 heterocycles. The highest BCUT2D eigenvalue weighted by Crippen LogP contribution is 2.37. The van der Waals surface area contributed by atoms with Crippen molar-refractivity contribution in [1.82, 2.24) is 45.0 Å². The third kappa shape index (κ3) is 8.72. The van der Waals surface area contributed by atoms with Gasteiger partial charge in [-0.15, -0.1) is 0 Å². The number of carbonyl (C=O) groups is 4. The van der Waals surface area contributed by atoms with Gasteiger partial charge in [0.25, 0.3) is 5.91 Å². The zero-order valence-corrected chi connectivity index (χ0v) is 35.9. The predicted molar refractivity (Wildman–Crippen MR) is 232 cm³/mol. The van der Waals surface area contributed by atoms with Gasteiger partial charge in [0, 0.05) is 41.9 Å². The molecular weight excluding hydrogens is 789 g/mol. The summed E-state index contributed by atoms with van der Waals surface area (Å²) in [7, 11) is 1.32. The van der Waals surface area contributed by atoms with E-state index in [2.05, 4.69) is 15.3 Å². The first-order valence-electron chi connectivity index (χ1n) is 21.8. The number of likely N-dealkylation sites (tertiary alicyclic amines) is 2. The number of rotatable bonds is 12. The lowest BCUT2D eigenvalue weighted by molar-refractivity contribution is -0.155. The van der Waals surface area contributed by atoms with Crippen LogP contribution in [0.15, 0.2) is 61.1 Å². The van der Waals surface area contributed by atoms with Crippen LogP contribution in [0.5, 0.6) is 0 Å². The summed E-state index contributed by atoms with van der Waals surface area (Å²) < 4.78 is 10.3. The van der Waals surface area contributed by atoms with E-state index >= 15 is 0 Å². The van der Waals surface area contributed by atoms with Crippen LogP contribution < -0.4 is 11.1 Å². The highest BCUT2D eigenvalue weighted by molar-refractivity contribution is 5.88. The number of ether oxygens (including phenoxy) is 2. The predicted octanol–water partition coefficient (Wildman–Crippen LogP) is 7.61. The standard InChI is InChI=1S/C46H56N10O6/c1-27(2)46(3,62-44(47)59)43(58)56-21-9-13-39(56)41-49-25-36(52-41)30-16-14-29(15-17-30)35-24-48-33-23-31(18-19-32(33)51-35)37-26-50-40(53-37)38-12-8-20-55(38)42(57)34(54-45(60)61-4)22-28-10-6-5-7-11-28/h14-19,23-28,34,38-39H,5-13,20-22H2,1-4H3,(H2,47,59)(H,49,52)(H,50,53)(H,54,60)/t34-,38?,39?,46-/m0/s1. The van der Waals surface area contributed by atoms with Crippen molar-refractivity contribution in [3.8, 4) is 33.8 Å². The van der Waals surface area contributed by atoms with Gasteiger partial charge in [0.05, 0.1) is 59.7 Å². The molecule has 4 atom stereocenters. The number of imidazole rings is 2. The lowest BCUT2D eigenvalue weighted by Gasteiger charge is -2.36. The molecule has 16 nitrogen and oxygen atoms in total. The average Bonchev–Trinajstić information content (AvgIpc) is 4.13. The Morgan fingerprint density at radius 2 is 1.50 bits per heavy atom. The number of methoxy groups -OCH3 is 1. The molecule has 0 bridgehead atoms. The van der Waals surface area contributed by atoms with Crippen LogP contribution >= 0.6 is 0 Å². The summed E-state index contributed by atoms with van der Waals surface area (Å²) in [5, 5.41) is 2.84. The van der Waals surface area contributed by atoms with Crippen LogP contribution in [0.1, 0.15) is 109 Å². The van der Waals surface area contributed by atoms with Crippen molar-refractivity contribution < 1.29 is 28.7 Å². The van der Waals surface area contributed by atoms with Crippen LogP contribution in [0.3, 0.4) is 0 Å². The molecule has 16 heteroatoms. The van der Waals surface area contributed by atoms with Gasteiger partial charge in [0.1, 0.15) is 17.7 Å². The van der Waals surface area contributed by atoms with Crippen molar-refractivity contribution in [2.45, 2.75) is 109 Å². The Hall–Kier alpha value is -6.32. The first-order chi connectivity index (χ1) is 29.9. The Bertz CT molecular complexity index is 2420. The zero-order chi connectivity index (χ0) is 43.5. The van der Waals surface area contributed by atoms with Gasteiger partial charge in [-0.05, 0) is 57.1 Å². The number of H-pyrrole nitrogens is 2. The average molecular weight is 845 g/mol. The van der Waals surface area contributed by atoms with Crippen LogP contribution in [0.4, 0.5) is 9.59 Å². The molecule has 2 aromatic carbocycles. The number of aromatic nitrogens is 6. The van der Waals surface area contributed by atoms with Gasteiger partial charge in [0.15, 0.2) is 5.60 Å². The van der Waals surface area contributed by atoms with Crippen LogP contribution in [0, 0.1) is 11.8 Å². The maximum absolute atomic E-state index is 14.0. The Morgan fingerprint density at radius 1 is 0.823 bits per heavy atom. The summed E-state index contributed by atoms with van der Waals surface area (Å²) >= 11 is 0. The van der Waals surface area contributed by atoms with Crippen molar-refractivity contribution in [3.05, 3.63) is 72.7 Å². The third-order valence-corrected chi connectivity index (χ3v) is 13.1. The number of primary amides is 1. The topological polar surface area (TPSA) is 214 Å². The Morgan fingerprint density at radius 3 is 2.19 bits per heavy atom. The minimum absolute atomic E-state index is 0.0886. The lowest BCUT2D eigenvalue weighted by Crippen LogP contribution is -2.53. The summed E-state index contributed by atoms with van der Waals surface area (Å²) in [5.41, 5.74) is 10.4. The molecule has 1 aliphatic carbocycles. The number of fused-ring (bicyclic) bond motifs is 1. The Kier molecular flexibility index (Phi) is 12.3. The van der Waals surface area contributed by atoms with Crippen molar-refractivity contribution in [1.29, 1.82) is 0 Å². The fourth-order valence-corrected chi connectivity index (χ4v) is 9.33. The van der Waals surface area contributed by atoms with Gasteiger partial charge < -0.3 is 40.3 Å². The maximum atomic E-state index is 14.0. The number of nitrogens with zero attached hydrogens (tertiary/aromatic N) is 6. The van der Waals surface area contributed by atoms with Crippen LogP contribution in [0.25, 0.3) is 44.8 Å². The van der Waals surface area contributed by atoms with Crippen molar-refractivity contribution in [2.24, 2.45) is 17.6 Å². The number of hydrogen-bond acceptors (Lipinski definition) is 10. The second-order valence-electron chi connectivity index (χ2n) is 17.3. The van der Waals surface area contributed by atoms with Crippen LogP contribution in [0.2, 0.25) is 0 Å². The van der Waals surface area contributed by atoms with Crippen LogP contribution in [-0.4, -0.2) is 95.5 Å². The van der Waals surface area contributed by atoms with Crippen molar-refractivity contribution in [3.63, 3.8) is 0 Å². The summed E-state index contributed by atoms with van der Waals surface area (Å²) in [6.07, 6.45) is 13.3. The highest BCUT2D eigenvalue weighted by atomic mass is 16.6. The van der Waals surface area contributed by atoms with Gasteiger partial charge in [-0.25, -0.2) is 24.5 Å². The zero-order valence-electron chi connectivity index (χ0n) is 35.9. The SMILES string of the molecule is COC(=O)N[C@@H](CC1CCCCC1)C(=O)N1CCCC1c1ncc(-c2ccc3nc(-c4ccc(-c5c[nH]c(C6CCCN6C(=O)[C@@](C)(OC(N)=O)C(C)C)n5)cc4)cnc3c2)[nH]1. The molecule has 2 saturated heterocycles. The summed E-state index contributed by atoms with van der Waals surface area (Å²) in [6.45, 7) is 6.40. The molecule has 3 aliphatic rings. The first-order valence-corrected chi connectivity index (χ1v) is 21.8. The number of amides is 4. The highest BCUT2D eigenvalue weighted by Gasteiger charge is 2.47. The minimum atomic E-state index is -1.38. The van der Waals surface area contributed by atoms with E-state index < -0.39 is 23.8 Å². The molecule has 8 rings (SSSR count). The maximum Gasteiger partial charge on any atom is 0.407 e. The number of nitrogens with two attached hydrogens (primary N) is 1. The fraction of sp³-hybridized carbons (Fsp3) is 0.478. The van der Waals surface area contributed by atoms with E-state index in [0.717, 1.165) is 96.2 Å². The molecular formula is C46H56N10O6. The molecule has 2 unspecified atom stereocenters. The molecule has 0 radical (unpaired) electrons. The summed E-state index contributed by atoms with van der Waals surface area (Å²) in [5.74, 6) is 1.13. The normalized spacial score (nSPS) is 19.7. The summed E-state index contributed by atoms with van der Waals surface area (Å²) in [6, 6.07) is 12.7. The third-order valence-electron chi connectivity index (χ3n) is 13.1. The summed E-state index contributed by atoms with van der Waals surface area (Å²) in [4.78, 5) is 81.4. The number of aromatic amines is 2. The second-order valence-corrected chi connectivity index (χ2v) is 17.3. The quantitative estimate of drug-likeness (QED) is 0.0964. The van der Waals surface area contributed by atoms with E-state index in [1.807, 2.05) is 67.4 Å². The fourth-order valence-electron chi connectivity index (χ4n) is 9.33. The van der Waals surface area contributed by atoms with E-state index in [9.17, 15) is 19.2 Å². The first kappa shape index (κ1) is 42.4. The minimum Gasteiger partial charge on any atom is -0.453 e. The number of nitrogens with one attached hydrogen (secondary N) is 3. The number of carbonyl (C=O) groups excluding carboxylic acids is 4. The van der Waals surface area contributed by atoms with Crippen molar-refractivity contribution in [2.75, 3.05) is 20.2 Å². The molecule has 326 valence electrons. The van der Waals surface area contributed by atoms with Gasteiger partial charge >= 0.3 is 12.2 Å². The Balaban J connectivity index is 0.936. The number of hydrogen-bond donors (Lipinski definition) is 4. The molecule has 1 saturated carbocycles. The lowest BCUT2D eigenvalue weighted by atomic mass is 9.84. The van der Waals surface area contributed by atoms with Crippen molar-refractivity contribution >= 4 is 35.0 Å². The number of benzene rings is 2. The Labute approximate surface area is 360 Å². The molecule has 3 aromatic heterocycles. The molecule has 4 amide bonds. The van der Waals surface area contributed by atoms with Gasteiger partial charge in [-0.1, -0.05) is 76.3 Å². The van der Waals surface area contributed by atoms with E-state index in [1.54, 1.807) is 24.2 Å². The largest absolute Gasteiger partial charge is 0.453 e. The molecule has 62 heavy (non-hydrogen) atoms. The van der Waals surface area contributed by atoms with E-state index in [4.69, 9.17) is 35.1 Å². The van der Waals surface area contributed by atoms with Crippen LogP contribution in [-0.2, 0) is 19.1 Å². The molecule has 3 fully saturated rings.